The summed E-state index contributed by atoms with van der Waals surface area (Å²) < 4.78 is 0. The normalized spacial score (nSPS) is 18.7. The van der Waals surface area contributed by atoms with Gasteiger partial charge in [0.25, 0.3) is 0 Å². The number of nitrogens with zero attached hydrogens (tertiary/aromatic N) is 3. The van der Waals surface area contributed by atoms with Gasteiger partial charge in [0.15, 0.2) is 0 Å². The molecule has 1 aromatic rings. The van der Waals surface area contributed by atoms with Crippen LogP contribution in [0.3, 0.4) is 0 Å². The molecule has 0 atom stereocenters. The Bertz CT molecular complexity index is 357. The molecule has 1 fully saturated rings. The van der Waals surface area contributed by atoms with Crippen molar-refractivity contribution in [3.8, 4) is 0 Å². The van der Waals surface area contributed by atoms with Gasteiger partial charge >= 0.3 is 0 Å². The molecular weight excluding hydrogens is 247 g/mol. The number of aromatic nitrogens is 3. The van der Waals surface area contributed by atoms with E-state index in [1.165, 1.54) is 25.7 Å². The maximum absolute atomic E-state index is 5.69. The lowest BCUT2D eigenvalue weighted by Crippen LogP contribution is -2.24. The Labute approximate surface area is 105 Å². The van der Waals surface area contributed by atoms with Crippen molar-refractivity contribution in [2.24, 2.45) is 5.41 Å². The molecule has 0 aromatic carbocycles. The Balaban J connectivity index is 1.98. The molecular formula is C10H14Cl2N4. The molecule has 0 spiro atoms. The average Bonchev–Trinajstić information content (AvgIpc) is 2.62. The first-order chi connectivity index (χ1) is 7.57. The first-order valence-corrected chi connectivity index (χ1v) is 6.14. The standard InChI is InChI=1S/C10H14Cl2N4/c1-10(4-2-3-5-10)6-13-9-15-7(11)14-8(12)16-9/h2-6H2,1H3,(H,13,14,15,16). The Morgan fingerprint density at radius 3 is 2.25 bits per heavy atom. The second-order valence-corrected chi connectivity index (χ2v) is 5.24. The highest BCUT2D eigenvalue weighted by Crippen LogP contribution is 2.37. The van der Waals surface area contributed by atoms with Gasteiger partial charge in [0.05, 0.1) is 0 Å². The van der Waals surface area contributed by atoms with Crippen molar-refractivity contribution in [2.75, 3.05) is 11.9 Å². The second kappa shape index (κ2) is 4.72. The van der Waals surface area contributed by atoms with E-state index in [1.807, 2.05) is 0 Å². The fraction of sp³-hybridized carbons (Fsp3) is 0.700. The lowest BCUT2D eigenvalue weighted by molar-refractivity contribution is 0.361. The van der Waals surface area contributed by atoms with Crippen LogP contribution in [0.4, 0.5) is 5.95 Å². The number of hydrogen-bond acceptors (Lipinski definition) is 4. The number of anilines is 1. The van der Waals surface area contributed by atoms with Crippen LogP contribution in [-0.4, -0.2) is 21.5 Å². The molecule has 0 saturated heterocycles. The fourth-order valence-corrected chi connectivity index (χ4v) is 2.47. The van der Waals surface area contributed by atoms with Gasteiger partial charge in [0.2, 0.25) is 16.5 Å². The molecule has 1 N–H and O–H groups in total. The Morgan fingerprint density at radius 1 is 1.12 bits per heavy atom. The third kappa shape index (κ3) is 2.95. The summed E-state index contributed by atoms with van der Waals surface area (Å²) in [6, 6.07) is 0. The molecule has 0 unspecified atom stereocenters. The zero-order valence-electron chi connectivity index (χ0n) is 9.13. The molecule has 1 aliphatic carbocycles. The summed E-state index contributed by atoms with van der Waals surface area (Å²) in [5.74, 6) is 0.457. The first kappa shape index (κ1) is 11.9. The smallest absolute Gasteiger partial charge is 0.228 e. The minimum Gasteiger partial charge on any atom is -0.354 e. The van der Waals surface area contributed by atoms with Crippen molar-refractivity contribution in [3.05, 3.63) is 10.6 Å². The molecule has 2 rings (SSSR count). The molecule has 1 aliphatic rings. The van der Waals surface area contributed by atoms with E-state index < -0.39 is 0 Å². The molecule has 0 radical (unpaired) electrons. The highest BCUT2D eigenvalue weighted by molar-refractivity contribution is 6.31. The molecule has 6 heteroatoms. The Kier molecular flexibility index (Phi) is 3.50. The topological polar surface area (TPSA) is 50.7 Å². The molecule has 16 heavy (non-hydrogen) atoms. The van der Waals surface area contributed by atoms with Crippen molar-refractivity contribution < 1.29 is 0 Å². The van der Waals surface area contributed by atoms with Gasteiger partial charge < -0.3 is 5.32 Å². The maximum atomic E-state index is 5.69. The molecule has 0 bridgehead atoms. The predicted octanol–water partition coefficient (Wildman–Crippen LogP) is 3.17. The third-order valence-corrected chi connectivity index (χ3v) is 3.40. The highest BCUT2D eigenvalue weighted by Gasteiger charge is 2.28. The van der Waals surface area contributed by atoms with E-state index >= 15 is 0 Å². The summed E-state index contributed by atoms with van der Waals surface area (Å²) >= 11 is 11.4. The second-order valence-electron chi connectivity index (χ2n) is 4.57. The van der Waals surface area contributed by atoms with E-state index in [0.717, 1.165) is 6.54 Å². The van der Waals surface area contributed by atoms with Crippen LogP contribution in [-0.2, 0) is 0 Å². The minimum absolute atomic E-state index is 0.124. The van der Waals surface area contributed by atoms with Crippen molar-refractivity contribution in [2.45, 2.75) is 32.6 Å². The van der Waals surface area contributed by atoms with E-state index in [0.29, 0.717) is 11.4 Å². The molecule has 88 valence electrons. The largest absolute Gasteiger partial charge is 0.354 e. The molecule has 1 heterocycles. The summed E-state index contributed by atoms with van der Waals surface area (Å²) in [6.07, 6.45) is 5.09. The average molecular weight is 261 g/mol. The van der Waals surface area contributed by atoms with E-state index in [1.54, 1.807) is 0 Å². The molecule has 4 nitrogen and oxygen atoms in total. The van der Waals surface area contributed by atoms with Crippen LogP contribution < -0.4 is 5.32 Å². The quantitative estimate of drug-likeness (QED) is 0.907. The van der Waals surface area contributed by atoms with Crippen LogP contribution in [0, 0.1) is 5.41 Å². The van der Waals surface area contributed by atoms with Crippen LogP contribution in [0.5, 0.6) is 0 Å². The Morgan fingerprint density at radius 2 is 1.69 bits per heavy atom. The van der Waals surface area contributed by atoms with E-state index in [4.69, 9.17) is 23.2 Å². The minimum atomic E-state index is 0.124. The molecule has 0 amide bonds. The summed E-state index contributed by atoms with van der Waals surface area (Å²) in [5, 5.41) is 3.43. The van der Waals surface area contributed by atoms with Crippen molar-refractivity contribution in [3.63, 3.8) is 0 Å². The van der Waals surface area contributed by atoms with E-state index in [-0.39, 0.29) is 10.6 Å². The van der Waals surface area contributed by atoms with Gasteiger partial charge in [-0.15, -0.1) is 0 Å². The van der Waals surface area contributed by atoms with E-state index in [9.17, 15) is 0 Å². The first-order valence-electron chi connectivity index (χ1n) is 5.38. The lowest BCUT2D eigenvalue weighted by atomic mass is 9.89. The number of rotatable bonds is 3. The van der Waals surface area contributed by atoms with Crippen molar-refractivity contribution >= 4 is 29.2 Å². The van der Waals surface area contributed by atoms with Crippen LogP contribution in [0.1, 0.15) is 32.6 Å². The van der Waals surface area contributed by atoms with Gasteiger partial charge in [-0.25, -0.2) is 0 Å². The zero-order chi connectivity index (χ0) is 11.6. The molecule has 0 aliphatic heterocycles. The third-order valence-electron chi connectivity index (χ3n) is 3.06. The van der Waals surface area contributed by atoms with Crippen LogP contribution >= 0.6 is 23.2 Å². The van der Waals surface area contributed by atoms with Gasteiger partial charge in [0.1, 0.15) is 0 Å². The zero-order valence-corrected chi connectivity index (χ0v) is 10.6. The monoisotopic (exact) mass is 260 g/mol. The van der Waals surface area contributed by atoms with Gasteiger partial charge in [-0.3, -0.25) is 0 Å². The molecule has 1 saturated carbocycles. The number of halogens is 2. The van der Waals surface area contributed by atoms with Crippen LogP contribution in [0.15, 0.2) is 0 Å². The van der Waals surface area contributed by atoms with Gasteiger partial charge in [-0.1, -0.05) is 19.8 Å². The van der Waals surface area contributed by atoms with Gasteiger partial charge in [0, 0.05) is 6.54 Å². The van der Waals surface area contributed by atoms with Crippen LogP contribution in [0.2, 0.25) is 10.6 Å². The number of nitrogens with one attached hydrogen (secondary N) is 1. The summed E-state index contributed by atoms with van der Waals surface area (Å²) in [4.78, 5) is 11.6. The lowest BCUT2D eigenvalue weighted by Gasteiger charge is -2.23. The Hall–Kier alpha value is -0.610. The van der Waals surface area contributed by atoms with Gasteiger partial charge in [-0.2, -0.15) is 15.0 Å². The van der Waals surface area contributed by atoms with Crippen molar-refractivity contribution in [1.82, 2.24) is 15.0 Å². The fourth-order valence-electron chi connectivity index (χ4n) is 2.10. The highest BCUT2D eigenvalue weighted by atomic mass is 35.5. The van der Waals surface area contributed by atoms with Crippen molar-refractivity contribution in [1.29, 1.82) is 0 Å². The summed E-state index contributed by atoms with van der Waals surface area (Å²) in [5.41, 5.74) is 0.339. The predicted molar refractivity (Wildman–Crippen MR) is 64.9 cm³/mol. The number of hydrogen-bond donors (Lipinski definition) is 1. The molecule has 1 aromatic heterocycles. The van der Waals surface area contributed by atoms with Crippen LogP contribution in [0.25, 0.3) is 0 Å². The summed E-state index contributed by atoms with van der Waals surface area (Å²) in [7, 11) is 0. The maximum Gasteiger partial charge on any atom is 0.228 e. The van der Waals surface area contributed by atoms with Gasteiger partial charge in [-0.05, 0) is 41.5 Å². The van der Waals surface area contributed by atoms with E-state index in [2.05, 4.69) is 27.2 Å². The summed E-state index contributed by atoms with van der Waals surface area (Å²) in [6.45, 7) is 3.13. The SMILES string of the molecule is CC1(CNc2nc(Cl)nc(Cl)n2)CCCC1.